The predicted molar refractivity (Wildman–Crippen MR) is 71.9 cm³/mol. The maximum Gasteiger partial charge on any atom is 0.186 e. The minimum atomic E-state index is -0.0312. The highest BCUT2D eigenvalue weighted by Gasteiger charge is 2.22. The van der Waals surface area contributed by atoms with Gasteiger partial charge in [-0.25, -0.2) is 4.98 Å². The van der Waals surface area contributed by atoms with Crippen molar-refractivity contribution in [2.24, 2.45) is 5.92 Å². The SMILES string of the molecule is CN1CCC(CN(C)c2nc(Cl)c(CO)s2)C1. The molecule has 0 aromatic carbocycles. The summed E-state index contributed by atoms with van der Waals surface area (Å²) in [7, 11) is 4.19. The van der Waals surface area contributed by atoms with Crippen LogP contribution in [-0.4, -0.2) is 48.7 Å². The molecule has 0 radical (unpaired) electrons. The average molecular weight is 276 g/mol. The lowest BCUT2D eigenvalue weighted by molar-refractivity contribution is 0.285. The van der Waals surface area contributed by atoms with Gasteiger partial charge in [0, 0.05) is 20.1 Å². The van der Waals surface area contributed by atoms with E-state index in [1.807, 2.05) is 7.05 Å². The third-order valence-corrected chi connectivity index (χ3v) is 4.71. The summed E-state index contributed by atoms with van der Waals surface area (Å²) in [6.45, 7) is 3.30. The standard InChI is InChI=1S/C11H18ClN3OS/c1-14-4-3-8(5-14)6-15(2)11-13-10(12)9(7-16)17-11/h8,16H,3-7H2,1-2H3. The number of halogens is 1. The van der Waals surface area contributed by atoms with Gasteiger partial charge < -0.3 is 14.9 Å². The Morgan fingerprint density at radius 1 is 1.65 bits per heavy atom. The van der Waals surface area contributed by atoms with Gasteiger partial charge in [-0.2, -0.15) is 0 Å². The number of thiazole rings is 1. The van der Waals surface area contributed by atoms with Crippen molar-refractivity contribution in [1.29, 1.82) is 0 Å². The highest BCUT2D eigenvalue weighted by molar-refractivity contribution is 7.16. The number of aliphatic hydroxyl groups excluding tert-OH is 1. The topological polar surface area (TPSA) is 39.6 Å². The van der Waals surface area contributed by atoms with Crippen LogP contribution in [0.5, 0.6) is 0 Å². The molecule has 0 aliphatic carbocycles. The lowest BCUT2D eigenvalue weighted by Crippen LogP contribution is -2.27. The molecule has 1 saturated heterocycles. The second-order valence-electron chi connectivity index (χ2n) is 4.67. The molecule has 6 heteroatoms. The molecule has 0 spiro atoms. The number of rotatable bonds is 4. The third-order valence-electron chi connectivity index (χ3n) is 3.13. The Labute approximate surface area is 111 Å². The van der Waals surface area contributed by atoms with Crippen molar-refractivity contribution in [3.8, 4) is 0 Å². The van der Waals surface area contributed by atoms with Crippen LogP contribution in [0, 0.1) is 5.92 Å². The second kappa shape index (κ2) is 5.52. The van der Waals surface area contributed by atoms with Gasteiger partial charge in [0.25, 0.3) is 0 Å². The first-order chi connectivity index (χ1) is 8.10. The molecule has 4 nitrogen and oxygen atoms in total. The first-order valence-corrected chi connectivity index (χ1v) is 6.95. The fraction of sp³-hybridized carbons (Fsp3) is 0.727. The Kier molecular flexibility index (Phi) is 4.25. The van der Waals surface area contributed by atoms with E-state index in [4.69, 9.17) is 16.7 Å². The van der Waals surface area contributed by atoms with E-state index in [-0.39, 0.29) is 6.61 Å². The van der Waals surface area contributed by atoms with Crippen molar-refractivity contribution < 1.29 is 5.11 Å². The molecular formula is C11H18ClN3OS. The summed E-state index contributed by atoms with van der Waals surface area (Å²) in [5.41, 5.74) is 0. The van der Waals surface area contributed by atoms with Crippen molar-refractivity contribution in [2.75, 3.05) is 38.6 Å². The van der Waals surface area contributed by atoms with Crippen molar-refractivity contribution >= 4 is 28.1 Å². The van der Waals surface area contributed by atoms with Crippen LogP contribution in [0.2, 0.25) is 5.15 Å². The van der Waals surface area contributed by atoms with Crippen LogP contribution in [0.25, 0.3) is 0 Å². The molecule has 96 valence electrons. The molecule has 1 unspecified atom stereocenters. The van der Waals surface area contributed by atoms with Crippen molar-refractivity contribution in [3.05, 3.63) is 10.0 Å². The molecule has 0 bridgehead atoms. The van der Waals surface area contributed by atoms with E-state index in [1.165, 1.54) is 24.3 Å². The minimum Gasteiger partial charge on any atom is -0.391 e. The maximum atomic E-state index is 9.09. The van der Waals surface area contributed by atoms with Crippen molar-refractivity contribution in [1.82, 2.24) is 9.88 Å². The predicted octanol–water partition coefficient (Wildman–Crippen LogP) is 1.68. The Morgan fingerprint density at radius 2 is 2.41 bits per heavy atom. The molecule has 2 rings (SSSR count). The second-order valence-corrected chi connectivity index (χ2v) is 6.09. The number of hydrogen-bond donors (Lipinski definition) is 1. The van der Waals surface area contributed by atoms with Crippen LogP contribution in [0.15, 0.2) is 0 Å². The van der Waals surface area contributed by atoms with E-state index in [0.717, 1.165) is 23.1 Å². The molecule has 2 heterocycles. The Hall–Kier alpha value is -0.360. The molecule has 1 aromatic heterocycles. The summed E-state index contributed by atoms with van der Waals surface area (Å²) in [5.74, 6) is 0.699. The van der Waals surface area contributed by atoms with E-state index < -0.39 is 0 Å². The fourth-order valence-electron chi connectivity index (χ4n) is 2.22. The minimum absolute atomic E-state index is 0.0312. The summed E-state index contributed by atoms with van der Waals surface area (Å²) < 4.78 is 0. The molecule has 1 atom stereocenters. The third kappa shape index (κ3) is 3.10. The van der Waals surface area contributed by atoms with E-state index in [2.05, 4.69) is 21.8 Å². The van der Waals surface area contributed by atoms with E-state index >= 15 is 0 Å². The smallest absolute Gasteiger partial charge is 0.186 e. The van der Waals surface area contributed by atoms with Crippen molar-refractivity contribution in [2.45, 2.75) is 13.0 Å². The largest absolute Gasteiger partial charge is 0.391 e. The zero-order valence-corrected chi connectivity index (χ0v) is 11.8. The van der Waals surface area contributed by atoms with Gasteiger partial charge >= 0.3 is 0 Å². The van der Waals surface area contributed by atoms with Crippen molar-refractivity contribution in [3.63, 3.8) is 0 Å². The Morgan fingerprint density at radius 3 is 2.94 bits per heavy atom. The first-order valence-electron chi connectivity index (χ1n) is 5.76. The van der Waals surface area contributed by atoms with Gasteiger partial charge in [0.15, 0.2) is 5.13 Å². The number of nitrogens with zero attached hydrogens (tertiary/aromatic N) is 3. The number of likely N-dealkylation sites (tertiary alicyclic amines) is 1. The van der Waals surface area contributed by atoms with Gasteiger partial charge in [-0.3, -0.25) is 0 Å². The monoisotopic (exact) mass is 275 g/mol. The van der Waals surface area contributed by atoms with Crippen LogP contribution in [0.3, 0.4) is 0 Å². The Bertz CT molecular complexity index is 385. The van der Waals surface area contributed by atoms with Crippen LogP contribution in [0.1, 0.15) is 11.3 Å². The fourth-order valence-corrected chi connectivity index (χ4v) is 3.31. The van der Waals surface area contributed by atoms with Gasteiger partial charge in [-0.1, -0.05) is 22.9 Å². The summed E-state index contributed by atoms with van der Waals surface area (Å²) in [4.78, 5) is 9.52. The molecule has 1 fully saturated rings. The number of anilines is 1. The molecule has 0 amide bonds. The molecule has 0 saturated carbocycles. The highest BCUT2D eigenvalue weighted by atomic mass is 35.5. The molecule has 1 aliphatic rings. The van der Waals surface area contributed by atoms with E-state index in [1.54, 1.807) is 0 Å². The zero-order valence-electron chi connectivity index (χ0n) is 10.2. The first kappa shape index (κ1) is 13.1. The van der Waals surface area contributed by atoms with Gasteiger partial charge in [0.1, 0.15) is 5.15 Å². The van der Waals surface area contributed by atoms with Crippen LogP contribution in [0.4, 0.5) is 5.13 Å². The summed E-state index contributed by atoms with van der Waals surface area (Å²) in [6.07, 6.45) is 1.24. The van der Waals surface area contributed by atoms with Gasteiger partial charge in [-0.15, -0.1) is 0 Å². The molecule has 1 aliphatic heterocycles. The highest BCUT2D eigenvalue weighted by Crippen LogP contribution is 2.30. The lowest BCUT2D eigenvalue weighted by Gasteiger charge is -2.20. The molecular weight excluding hydrogens is 258 g/mol. The van der Waals surface area contributed by atoms with Gasteiger partial charge in [0.05, 0.1) is 11.5 Å². The Balaban J connectivity index is 1.96. The number of aromatic nitrogens is 1. The van der Waals surface area contributed by atoms with Crippen LogP contribution < -0.4 is 4.90 Å². The average Bonchev–Trinajstić information content (AvgIpc) is 2.85. The van der Waals surface area contributed by atoms with Gasteiger partial charge in [0.2, 0.25) is 0 Å². The zero-order chi connectivity index (χ0) is 12.4. The summed E-state index contributed by atoms with van der Waals surface area (Å²) in [6, 6.07) is 0. The van der Waals surface area contributed by atoms with E-state index in [0.29, 0.717) is 11.1 Å². The molecule has 17 heavy (non-hydrogen) atoms. The van der Waals surface area contributed by atoms with Crippen LogP contribution >= 0.6 is 22.9 Å². The molecule has 1 aromatic rings. The maximum absolute atomic E-state index is 9.09. The van der Waals surface area contributed by atoms with Crippen LogP contribution in [-0.2, 0) is 6.61 Å². The number of aliphatic hydroxyl groups is 1. The molecule has 1 N–H and O–H groups in total. The van der Waals surface area contributed by atoms with Gasteiger partial charge in [-0.05, 0) is 25.9 Å². The summed E-state index contributed by atoms with van der Waals surface area (Å²) >= 11 is 7.40. The normalized spacial score (nSPS) is 21.1. The van der Waals surface area contributed by atoms with E-state index in [9.17, 15) is 0 Å². The number of hydrogen-bond acceptors (Lipinski definition) is 5. The lowest BCUT2D eigenvalue weighted by atomic mass is 10.1. The summed E-state index contributed by atoms with van der Waals surface area (Å²) in [5, 5.41) is 10.4. The quantitative estimate of drug-likeness (QED) is 0.908.